The van der Waals surface area contributed by atoms with E-state index in [9.17, 15) is 18.0 Å². The molecule has 0 radical (unpaired) electrons. The lowest BCUT2D eigenvalue weighted by Crippen LogP contribution is -2.50. The fraction of sp³-hybridized carbons (Fsp3) is 0.529. The molecule has 0 bridgehead atoms. The first-order valence-electron chi connectivity index (χ1n) is 8.69. The number of benzene rings is 1. The summed E-state index contributed by atoms with van der Waals surface area (Å²) in [5, 5.41) is 2.78. The highest BCUT2D eigenvalue weighted by molar-refractivity contribution is 9.10. The van der Waals surface area contributed by atoms with Gasteiger partial charge in [0, 0.05) is 49.5 Å². The summed E-state index contributed by atoms with van der Waals surface area (Å²) in [5.41, 5.74) is 0. The lowest BCUT2D eigenvalue weighted by Gasteiger charge is -2.34. The second kappa shape index (κ2) is 8.06. The number of nitrogens with zero attached hydrogens (tertiary/aromatic N) is 2. The zero-order valence-corrected chi connectivity index (χ0v) is 16.8. The van der Waals surface area contributed by atoms with E-state index < -0.39 is 10.0 Å². The molecule has 26 heavy (non-hydrogen) atoms. The van der Waals surface area contributed by atoms with Crippen LogP contribution in [0, 0.1) is 5.92 Å². The average molecular weight is 444 g/mol. The quantitative estimate of drug-likeness (QED) is 0.715. The zero-order chi connectivity index (χ0) is 18.7. The molecule has 1 aromatic carbocycles. The maximum atomic E-state index is 12.7. The molecule has 1 N–H and O–H groups in total. The molecule has 3 rings (SSSR count). The fourth-order valence-corrected chi connectivity index (χ4v) is 4.91. The molecule has 2 aliphatic rings. The van der Waals surface area contributed by atoms with Gasteiger partial charge in [-0.3, -0.25) is 9.59 Å². The second-order valence-electron chi connectivity index (χ2n) is 6.56. The van der Waals surface area contributed by atoms with Crippen molar-refractivity contribution in [3.63, 3.8) is 0 Å². The Morgan fingerprint density at radius 1 is 1.15 bits per heavy atom. The number of halogens is 1. The van der Waals surface area contributed by atoms with Crippen molar-refractivity contribution >= 4 is 37.8 Å². The molecule has 1 heterocycles. The number of nitrogens with one attached hydrogen (secondary N) is 1. The lowest BCUT2D eigenvalue weighted by atomic mass is 10.3. The molecule has 1 aliphatic carbocycles. The van der Waals surface area contributed by atoms with Crippen molar-refractivity contribution < 1.29 is 18.0 Å². The zero-order valence-electron chi connectivity index (χ0n) is 14.4. The normalized spacial score (nSPS) is 18.6. The Balaban J connectivity index is 1.48. The minimum absolute atomic E-state index is 0.0303. The van der Waals surface area contributed by atoms with Crippen LogP contribution in [0.15, 0.2) is 33.6 Å². The number of hydrogen-bond donors (Lipinski definition) is 1. The molecule has 142 valence electrons. The van der Waals surface area contributed by atoms with Gasteiger partial charge in [0.1, 0.15) is 0 Å². The summed E-state index contributed by atoms with van der Waals surface area (Å²) in [7, 11) is -3.56. The van der Waals surface area contributed by atoms with E-state index >= 15 is 0 Å². The van der Waals surface area contributed by atoms with Crippen molar-refractivity contribution in [2.75, 3.05) is 32.7 Å². The van der Waals surface area contributed by atoms with Gasteiger partial charge in [-0.25, -0.2) is 8.42 Å². The summed E-state index contributed by atoms with van der Waals surface area (Å²) in [5.74, 6) is 0.111. The van der Waals surface area contributed by atoms with Crippen molar-refractivity contribution in [3.05, 3.63) is 28.7 Å². The monoisotopic (exact) mass is 443 g/mol. The van der Waals surface area contributed by atoms with Gasteiger partial charge in [-0.1, -0.05) is 22.0 Å². The van der Waals surface area contributed by atoms with Crippen LogP contribution in [0.1, 0.15) is 19.3 Å². The molecule has 0 unspecified atom stereocenters. The Kier molecular flexibility index (Phi) is 5.99. The van der Waals surface area contributed by atoms with Crippen LogP contribution in [0.4, 0.5) is 0 Å². The molecular weight excluding hydrogens is 422 g/mol. The highest BCUT2D eigenvalue weighted by Crippen LogP contribution is 2.28. The van der Waals surface area contributed by atoms with E-state index in [4.69, 9.17) is 0 Å². The van der Waals surface area contributed by atoms with E-state index in [1.165, 1.54) is 4.31 Å². The van der Waals surface area contributed by atoms with E-state index in [0.717, 1.165) is 12.8 Å². The number of hydrogen-bond acceptors (Lipinski definition) is 4. The molecule has 1 aliphatic heterocycles. The van der Waals surface area contributed by atoms with Gasteiger partial charge in [-0.15, -0.1) is 0 Å². The molecule has 0 spiro atoms. The molecule has 9 heteroatoms. The van der Waals surface area contributed by atoms with Crippen molar-refractivity contribution in [1.82, 2.24) is 14.5 Å². The topological polar surface area (TPSA) is 86.8 Å². The van der Waals surface area contributed by atoms with Gasteiger partial charge in [0.25, 0.3) is 0 Å². The predicted octanol–water partition coefficient (Wildman–Crippen LogP) is 1.20. The lowest BCUT2D eigenvalue weighted by molar-refractivity contribution is -0.132. The third kappa shape index (κ3) is 4.63. The van der Waals surface area contributed by atoms with E-state index in [-0.39, 0.29) is 42.1 Å². The van der Waals surface area contributed by atoms with Crippen LogP contribution in [0.2, 0.25) is 0 Å². The smallest absolute Gasteiger partial charge is 0.243 e. The first-order valence-corrected chi connectivity index (χ1v) is 10.9. The number of carbonyl (C=O) groups excluding carboxylic acids is 2. The van der Waals surface area contributed by atoms with Crippen LogP contribution in [0.3, 0.4) is 0 Å². The molecule has 2 amide bonds. The molecule has 0 atom stereocenters. The molecule has 7 nitrogen and oxygen atoms in total. The summed E-state index contributed by atoms with van der Waals surface area (Å²) in [6, 6.07) is 6.61. The molecule has 0 aromatic heterocycles. The Morgan fingerprint density at radius 2 is 1.85 bits per heavy atom. The fourth-order valence-electron chi connectivity index (χ4n) is 2.89. The highest BCUT2D eigenvalue weighted by atomic mass is 79.9. The van der Waals surface area contributed by atoms with Crippen molar-refractivity contribution in [2.24, 2.45) is 5.92 Å². The average Bonchev–Trinajstić information content (AvgIpc) is 3.47. The van der Waals surface area contributed by atoms with Crippen molar-refractivity contribution in [3.8, 4) is 0 Å². The predicted molar refractivity (Wildman–Crippen MR) is 99.8 cm³/mol. The number of rotatable bonds is 6. The molecule has 1 saturated carbocycles. The molecular formula is C17H22BrN3O4S. The Morgan fingerprint density at radius 3 is 2.46 bits per heavy atom. The van der Waals surface area contributed by atoms with Crippen LogP contribution in [0.25, 0.3) is 0 Å². The summed E-state index contributed by atoms with van der Waals surface area (Å²) in [6.45, 7) is 1.61. The summed E-state index contributed by atoms with van der Waals surface area (Å²) >= 11 is 3.29. The SMILES string of the molecule is O=C(NCCC(=O)N1CCN(S(=O)(=O)c2cccc(Br)c2)CC1)C1CC1. The standard InChI is InChI=1S/C17H22BrN3O4S/c18-14-2-1-3-15(12-14)26(24,25)21-10-8-20(9-11-21)16(22)6-7-19-17(23)13-4-5-13/h1-3,12-13H,4-11H2,(H,19,23). The van der Waals surface area contributed by atoms with Gasteiger partial charge >= 0.3 is 0 Å². The summed E-state index contributed by atoms with van der Waals surface area (Å²) < 4.78 is 27.5. The van der Waals surface area contributed by atoms with Crippen LogP contribution in [-0.2, 0) is 19.6 Å². The maximum Gasteiger partial charge on any atom is 0.243 e. The second-order valence-corrected chi connectivity index (χ2v) is 9.41. The highest BCUT2D eigenvalue weighted by Gasteiger charge is 2.31. The van der Waals surface area contributed by atoms with Crippen LogP contribution >= 0.6 is 15.9 Å². The summed E-state index contributed by atoms with van der Waals surface area (Å²) in [6.07, 6.45) is 2.12. The Bertz CT molecular complexity index is 787. The number of sulfonamides is 1. The van der Waals surface area contributed by atoms with Crippen LogP contribution in [-0.4, -0.2) is 62.2 Å². The third-order valence-corrected chi connectivity index (χ3v) is 7.00. The number of piperazine rings is 1. The minimum Gasteiger partial charge on any atom is -0.355 e. The third-order valence-electron chi connectivity index (χ3n) is 4.61. The number of amides is 2. The number of carbonyl (C=O) groups is 2. The van der Waals surface area contributed by atoms with E-state index in [0.29, 0.717) is 24.1 Å². The molecule has 1 saturated heterocycles. The van der Waals surface area contributed by atoms with E-state index in [1.807, 2.05) is 0 Å². The Hall–Kier alpha value is -1.45. The van der Waals surface area contributed by atoms with Gasteiger partial charge in [0.05, 0.1) is 4.90 Å². The van der Waals surface area contributed by atoms with Gasteiger partial charge in [0.15, 0.2) is 0 Å². The van der Waals surface area contributed by atoms with Gasteiger partial charge in [0.2, 0.25) is 21.8 Å². The van der Waals surface area contributed by atoms with Gasteiger partial charge in [-0.05, 0) is 31.0 Å². The molecule has 2 fully saturated rings. The van der Waals surface area contributed by atoms with E-state index in [1.54, 1.807) is 29.2 Å². The molecule has 1 aromatic rings. The van der Waals surface area contributed by atoms with E-state index in [2.05, 4.69) is 21.2 Å². The van der Waals surface area contributed by atoms with Crippen LogP contribution < -0.4 is 5.32 Å². The Labute approximate surface area is 161 Å². The van der Waals surface area contributed by atoms with Crippen molar-refractivity contribution in [2.45, 2.75) is 24.2 Å². The van der Waals surface area contributed by atoms with Crippen LogP contribution in [0.5, 0.6) is 0 Å². The summed E-state index contributed by atoms with van der Waals surface area (Å²) in [4.78, 5) is 25.7. The maximum absolute atomic E-state index is 12.7. The first kappa shape index (κ1) is 19.3. The van der Waals surface area contributed by atoms with Crippen molar-refractivity contribution in [1.29, 1.82) is 0 Å². The van der Waals surface area contributed by atoms with Gasteiger partial charge < -0.3 is 10.2 Å². The van der Waals surface area contributed by atoms with Gasteiger partial charge in [-0.2, -0.15) is 4.31 Å². The minimum atomic E-state index is -3.56. The largest absolute Gasteiger partial charge is 0.355 e. The first-order chi connectivity index (χ1) is 12.4.